The fraction of sp³-hybridized carbons (Fsp3) is 0.467. The maximum atomic E-state index is 12.3. The summed E-state index contributed by atoms with van der Waals surface area (Å²) in [6.45, 7) is 1.87. The molecule has 102 valence electrons. The van der Waals surface area contributed by atoms with Crippen LogP contribution in [0.3, 0.4) is 0 Å². The predicted molar refractivity (Wildman–Crippen MR) is 71.9 cm³/mol. The number of aliphatic carboxylic acids is 1. The zero-order valence-electron chi connectivity index (χ0n) is 11.1. The first-order valence-electron chi connectivity index (χ1n) is 6.70. The van der Waals surface area contributed by atoms with Crippen LogP contribution in [0.4, 0.5) is 0 Å². The molecule has 0 heterocycles. The Bertz CT molecular complexity index is 480. The van der Waals surface area contributed by atoms with Gasteiger partial charge in [0.15, 0.2) is 0 Å². The van der Waals surface area contributed by atoms with Crippen molar-refractivity contribution in [1.82, 2.24) is 4.90 Å². The van der Waals surface area contributed by atoms with Crippen LogP contribution in [0.5, 0.6) is 0 Å². The van der Waals surface area contributed by atoms with Crippen LogP contribution in [0, 0.1) is 0 Å². The van der Waals surface area contributed by atoms with Crippen molar-refractivity contribution in [3.63, 3.8) is 0 Å². The highest BCUT2D eigenvalue weighted by molar-refractivity contribution is 5.83. The first-order chi connectivity index (χ1) is 9.11. The quantitative estimate of drug-likeness (QED) is 0.850. The average molecular weight is 261 g/mol. The van der Waals surface area contributed by atoms with Crippen LogP contribution in [0.1, 0.15) is 30.9 Å². The van der Waals surface area contributed by atoms with E-state index in [0.717, 1.165) is 30.4 Å². The number of benzene rings is 1. The van der Waals surface area contributed by atoms with E-state index in [-0.39, 0.29) is 18.5 Å². The van der Waals surface area contributed by atoms with Crippen molar-refractivity contribution in [3.05, 3.63) is 35.4 Å². The van der Waals surface area contributed by atoms with Crippen molar-refractivity contribution in [3.8, 4) is 0 Å². The van der Waals surface area contributed by atoms with E-state index in [0.29, 0.717) is 6.42 Å². The van der Waals surface area contributed by atoms with Crippen LogP contribution in [-0.4, -0.2) is 34.5 Å². The highest BCUT2D eigenvalue weighted by Gasteiger charge is 2.33. The molecule has 1 aromatic rings. The van der Waals surface area contributed by atoms with E-state index >= 15 is 0 Å². The van der Waals surface area contributed by atoms with E-state index in [9.17, 15) is 9.59 Å². The van der Waals surface area contributed by atoms with Gasteiger partial charge in [0.25, 0.3) is 0 Å². The number of carboxylic acids is 1. The fourth-order valence-corrected chi connectivity index (χ4v) is 2.29. The summed E-state index contributed by atoms with van der Waals surface area (Å²) in [5.41, 5.74) is 2.16. The highest BCUT2D eigenvalue weighted by Crippen LogP contribution is 2.27. The zero-order valence-corrected chi connectivity index (χ0v) is 11.1. The van der Waals surface area contributed by atoms with Gasteiger partial charge in [0.05, 0.1) is 6.42 Å². The van der Waals surface area contributed by atoms with Gasteiger partial charge in [-0.05, 0) is 30.4 Å². The summed E-state index contributed by atoms with van der Waals surface area (Å²) < 4.78 is 0. The SMILES string of the molecule is CCc1ccccc1CC(=O)N(CC(=O)O)C1CC1. The summed E-state index contributed by atoms with van der Waals surface area (Å²) in [4.78, 5) is 24.6. The molecule has 1 aromatic carbocycles. The van der Waals surface area contributed by atoms with Gasteiger partial charge < -0.3 is 10.0 Å². The summed E-state index contributed by atoms with van der Waals surface area (Å²) in [5, 5.41) is 8.88. The van der Waals surface area contributed by atoms with E-state index in [4.69, 9.17) is 5.11 Å². The molecular formula is C15H19NO3. The van der Waals surface area contributed by atoms with Gasteiger partial charge in [-0.1, -0.05) is 31.2 Å². The van der Waals surface area contributed by atoms with Gasteiger partial charge in [0.1, 0.15) is 6.54 Å². The lowest BCUT2D eigenvalue weighted by Gasteiger charge is -2.20. The standard InChI is InChI=1S/C15H19NO3/c1-2-11-5-3-4-6-12(11)9-14(17)16(10-15(18)19)13-7-8-13/h3-6,13H,2,7-10H2,1H3,(H,18,19). The third-order valence-corrected chi connectivity index (χ3v) is 3.45. The number of hydrogen-bond acceptors (Lipinski definition) is 2. The van der Waals surface area contributed by atoms with Crippen molar-refractivity contribution in [2.24, 2.45) is 0 Å². The Kier molecular flexibility index (Phi) is 4.20. The first-order valence-corrected chi connectivity index (χ1v) is 6.70. The Balaban J connectivity index is 2.08. The normalized spacial score (nSPS) is 14.2. The molecule has 1 amide bonds. The van der Waals surface area contributed by atoms with Crippen molar-refractivity contribution in [2.75, 3.05) is 6.54 Å². The second kappa shape index (κ2) is 5.87. The fourth-order valence-electron chi connectivity index (χ4n) is 2.29. The first kappa shape index (κ1) is 13.6. The molecule has 0 spiro atoms. The van der Waals surface area contributed by atoms with E-state index in [1.165, 1.54) is 4.90 Å². The van der Waals surface area contributed by atoms with Gasteiger partial charge in [-0.3, -0.25) is 9.59 Å². The molecule has 1 aliphatic carbocycles. The maximum absolute atomic E-state index is 12.3. The lowest BCUT2D eigenvalue weighted by molar-refractivity contribution is -0.144. The summed E-state index contributed by atoms with van der Waals surface area (Å²) in [6.07, 6.45) is 3.03. The minimum atomic E-state index is -0.941. The maximum Gasteiger partial charge on any atom is 0.323 e. The second-order valence-electron chi connectivity index (χ2n) is 4.95. The second-order valence-corrected chi connectivity index (χ2v) is 4.95. The molecule has 0 bridgehead atoms. The molecular weight excluding hydrogens is 242 g/mol. The Labute approximate surface area is 113 Å². The minimum absolute atomic E-state index is 0.0780. The zero-order chi connectivity index (χ0) is 13.8. The number of carboxylic acid groups (broad SMARTS) is 1. The lowest BCUT2D eigenvalue weighted by atomic mass is 10.0. The Morgan fingerprint density at radius 2 is 1.89 bits per heavy atom. The third kappa shape index (κ3) is 3.56. The Morgan fingerprint density at radius 1 is 1.26 bits per heavy atom. The number of nitrogens with zero attached hydrogens (tertiary/aromatic N) is 1. The van der Waals surface area contributed by atoms with Crippen LogP contribution >= 0.6 is 0 Å². The largest absolute Gasteiger partial charge is 0.480 e. The number of aryl methyl sites for hydroxylation is 1. The molecule has 1 N–H and O–H groups in total. The van der Waals surface area contributed by atoms with Gasteiger partial charge in [-0.2, -0.15) is 0 Å². The topological polar surface area (TPSA) is 57.6 Å². The molecule has 0 radical (unpaired) electrons. The summed E-state index contributed by atoms with van der Waals surface area (Å²) in [7, 11) is 0. The molecule has 0 saturated heterocycles. The number of amides is 1. The van der Waals surface area contributed by atoms with Crippen molar-refractivity contribution in [2.45, 2.75) is 38.6 Å². The number of carbonyl (C=O) groups excluding carboxylic acids is 1. The van der Waals surface area contributed by atoms with Crippen LogP contribution in [0.15, 0.2) is 24.3 Å². The summed E-state index contributed by atoms with van der Waals surface area (Å²) in [6, 6.07) is 7.98. The van der Waals surface area contributed by atoms with Gasteiger partial charge in [-0.15, -0.1) is 0 Å². The molecule has 0 unspecified atom stereocenters. The molecule has 4 heteroatoms. The molecule has 1 aliphatic rings. The van der Waals surface area contributed by atoms with Crippen molar-refractivity contribution in [1.29, 1.82) is 0 Å². The summed E-state index contributed by atoms with van der Waals surface area (Å²) >= 11 is 0. The van der Waals surface area contributed by atoms with E-state index in [1.54, 1.807) is 0 Å². The molecule has 1 saturated carbocycles. The van der Waals surface area contributed by atoms with Crippen LogP contribution < -0.4 is 0 Å². The molecule has 2 rings (SSSR count). The smallest absolute Gasteiger partial charge is 0.323 e. The molecule has 4 nitrogen and oxygen atoms in total. The predicted octanol–water partition coefficient (Wildman–Crippen LogP) is 1.87. The Hall–Kier alpha value is -1.84. The Morgan fingerprint density at radius 3 is 2.42 bits per heavy atom. The lowest BCUT2D eigenvalue weighted by Crippen LogP contribution is -2.38. The average Bonchev–Trinajstić information content (AvgIpc) is 3.20. The molecule has 0 aromatic heterocycles. The molecule has 0 aliphatic heterocycles. The monoisotopic (exact) mass is 261 g/mol. The minimum Gasteiger partial charge on any atom is -0.480 e. The van der Waals surface area contributed by atoms with Gasteiger partial charge in [0, 0.05) is 6.04 Å². The molecule has 1 fully saturated rings. The van der Waals surface area contributed by atoms with Crippen LogP contribution in [0.2, 0.25) is 0 Å². The summed E-state index contributed by atoms with van der Waals surface area (Å²) in [5.74, 6) is -1.02. The number of carbonyl (C=O) groups is 2. The van der Waals surface area contributed by atoms with Gasteiger partial charge in [-0.25, -0.2) is 0 Å². The van der Waals surface area contributed by atoms with Gasteiger partial charge in [0.2, 0.25) is 5.91 Å². The van der Waals surface area contributed by atoms with E-state index < -0.39 is 5.97 Å². The number of rotatable bonds is 6. The van der Waals surface area contributed by atoms with E-state index in [1.807, 2.05) is 24.3 Å². The van der Waals surface area contributed by atoms with Crippen LogP contribution in [0.25, 0.3) is 0 Å². The molecule has 0 atom stereocenters. The van der Waals surface area contributed by atoms with Crippen molar-refractivity contribution >= 4 is 11.9 Å². The van der Waals surface area contributed by atoms with E-state index in [2.05, 4.69) is 6.92 Å². The number of hydrogen-bond donors (Lipinski definition) is 1. The van der Waals surface area contributed by atoms with Gasteiger partial charge >= 0.3 is 5.97 Å². The molecule has 19 heavy (non-hydrogen) atoms. The third-order valence-electron chi connectivity index (χ3n) is 3.45. The highest BCUT2D eigenvalue weighted by atomic mass is 16.4. The van der Waals surface area contributed by atoms with Crippen LogP contribution in [-0.2, 0) is 22.4 Å². The van der Waals surface area contributed by atoms with Crippen molar-refractivity contribution < 1.29 is 14.7 Å².